The van der Waals surface area contributed by atoms with Crippen LogP contribution < -0.4 is 10.9 Å². The second-order valence-corrected chi connectivity index (χ2v) is 4.63. The average molecular weight is 373 g/mol. The number of nitrogens with zero attached hydrogens (tertiary/aromatic N) is 1. The molecule has 138 valence electrons. The van der Waals surface area contributed by atoms with Crippen molar-refractivity contribution in [2.75, 3.05) is 0 Å². The minimum atomic E-state index is -6.62. The summed E-state index contributed by atoms with van der Waals surface area (Å²) in [4.78, 5) is 26.3. The third-order valence-corrected chi connectivity index (χ3v) is 2.68. The standard InChI is InChI=1S/C13H10F7N3O2/c1-7(22-23-10(25)8-4-2-3-5-21-8)6-9(24)11(14,15)12(16,17)13(18,19)20/h2-6,22H,1H3,(H,23,25). The molecule has 1 rings (SSSR count). The number of allylic oxidation sites excluding steroid dienone is 2. The van der Waals surface area contributed by atoms with Crippen molar-refractivity contribution in [2.45, 2.75) is 24.9 Å². The molecular formula is C13H10F7N3O2. The summed E-state index contributed by atoms with van der Waals surface area (Å²) in [5.74, 6) is -16.2. The predicted octanol–water partition coefficient (Wildman–Crippen LogP) is 2.62. The molecule has 2 N–H and O–H groups in total. The lowest BCUT2D eigenvalue weighted by atomic mass is 10.1. The first-order valence-corrected chi connectivity index (χ1v) is 6.33. The zero-order valence-corrected chi connectivity index (χ0v) is 12.3. The summed E-state index contributed by atoms with van der Waals surface area (Å²) in [5, 5.41) is 0. The predicted molar refractivity (Wildman–Crippen MR) is 69.6 cm³/mol. The number of carbonyl (C=O) groups excluding carboxylic acids is 2. The first-order chi connectivity index (χ1) is 11.3. The molecular weight excluding hydrogens is 363 g/mol. The Bertz CT molecular complexity index is 672. The normalized spacial score (nSPS) is 13.4. The number of pyridine rings is 1. The number of halogens is 7. The highest BCUT2D eigenvalue weighted by atomic mass is 19.4. The summed E-state index contributed by atoms with van der Waals surface area (Å²) in [5.41, 5.74) is 3.10. The summed E-state index contributed by atoms with van der Waals surface area (Å²) in [7, 11) is 0. The zero-order chi connectivity index (χ0) is 19.5. The third-order valence-electron chi connectivity index (χ3n) is 2.68. The molecule has 0 fully saturated rings. The van der Waals surface area contributed by atoms with Gasteiger partial charge in [-0.15, -0.1) is 0 Å². The van der Waals surface area contributed by atoms with Gasteiger partial charge < -0.3 is 5.43 Å². The molecule has 5 nitrogen and oxygen atoms in total. The van der Waals surface area contributed by atoms with Crippen LogP contribution >= 0.6 is 0 Å². The largest absolute Gasteiger partial charge is 0.460 e. The van der Waals surface area contributed by atoms with Crippen LogP contribution in [-0.4, -0.2) is 34.7 Å². The van der Waals surface area contributed by atoms with E-state index in [1.54, 1.807) is 0 Å². The van der Waals surface area contributed by atoms with Gasteiger partial charge in [0.25, 0.3) is 5.91 Å². The minimum absolute atomic E-state index is 0.108. The van der Waals surface area contributed by atoms with E-state index < -0.39 is 35.4 Å². The number of ketones is 1. The van der Waals surface area contributed by atoms with Crippen LogP contribution in [0.4, 0.5) is 30.7 Å². The number of alkyl halides is 7. The van der Waals surface area contributed by atoms with Crippen molar-refractivity contribution in [1.29, 1.82) is 0 Å². The quantitative estimate of drug-likeness (QED) is 0.457. The van der Waals surface area contributed by atoms with Gasteiger partial charge in [-0.25, -0.2) is 0 Å². The van der Waals surface area contributed by atoms with Gasteiger partial charge >= 0.3 is 18.0 Å². The van der Waals surface area contributed by atoms with Crippen molar-refractivity contribution >= 4 is 11.7 Å². The van der Waals surface area contributed by atoms with E-state index in [9.17, 15) is 40.3 Å². The van der Waals surface area contributed by atoms with Crippen molar-refractivity contribution in [3.8, 4) is 0 Å². The molecule has 25 heavy (non-hydrogen) atoms. The van der Waals surface area contributed by atoms with Crippen LogP contribution in [-0.2, 0) is 4.79 Å². The molecule has 0 saturated heterocycles. The van der Waals surface area contributed by atoms with E-state index in [1.807, 2.05) is 10.9 Å². The van der Waals surface area contributed by atoms with Crippen LogP contribution in [0.25, 0.3) is 0 Å². The summed E-state index contributed by atoms with van der Waals surface area (Å²) in [6.07, 6.45) is -5.53. The fraction of sp³-hybridized carbons (Fsp3) is 0.308. The van der Waals surface area contributed by atoms with E-state index in [0.29, 0.717) is 0 Å². The summed E-state index contributed by atoms with van der Waals surface area (Å²) >= 11 is 0. The van der Waals surface area contributed by atoms with Crippen LogP contribution in [0.15, 0.2) is 36.2 Å². The topological polar surface area (TPSA) is 71.1 Å². The second-order valence-electron chi connectivity index (χ2n) is 4.63. The number of amides is 1. The van der Waals surface area contributed by atoms with Gasteiger partial charge in [-0.1, -0.05) is 6.07 Å². The molecule has 1 aromatic rings. The highest BCUT2D eigenvalue weighted by Crippen LogP contribution is 2.47. The van der Waals surface area contributed by atoms with Gasteiger partial charge in [0.1, 0.15) is 5.69 Å². The fourth-order valence-corrected chi connectivity index (χ4v) is 1.37. The smallest absolute Gasteiger partial charge is 0.303 e. The summed E-state index contributed by atoms with van der Waals surface area (Å²) < 4.78 is 87.7. The molecule has 0 saturated carbocycles. The third kappa shape index (κ3) is 4.45. The molecule has 12 heteroatoms. The van der Waals surface area contributed by atoms with Crippen molar-refractivity contribution in [3.63, 3.8) is 0 Å². The number of aromatic nitrogens is 1. The number of carbonyl (C=O) groups is 2. The Labute approximate surface area is 135 Å². The molecule has 0 aliphatic heterocycles. The number of hydrogen-bond donors (Lipinski definition) is 2. The molecule has 0 radical (unpaired) electrons. The average Bonchev–Trinajstić information content (AvgIpc) is 2.52. The van der Waals surface area contributed by atoms with Crippen molar-refractivity contribution in [1.82, 2.24) is 15.8 Å². The molecule has 1 heterocycles. The lowest BCUT2D eigenvalue weighted by Gasteiger charge is -2.26. The van der Waals surface area contributed by atoms with Crippen LogP contribution in [0.2, 0.25) is 0 Å². The molecule has 0 aliphatic rings. The van der Waals surface area contributed by atoms with Crippen LogP contribution in [0.3, 0.4) is 0 Å². The molecule has 1 aromatic heterocycles. The lowest BCUT2D eigenvalue weighted by molar-refractivity contribution is -0.342. The first-order valence-electron chi connectivity index (χ1n) is 6.33. The van der Waals surface area contributed by atoms with Gasteiger partial charge in [0.15, 0.2) is 0 Å². The van der Waals surface area contributed by atoms with Gasteiger partial charge in [-0.05, 0) is 19.1 Å². The molecule has 0 atom stereocenters. The zero-order valence-electron chi connectivity index (χ0n) is 12.3. The maximum atomic E-state index is 13.1. The fourth-order valence-electron chi connectivity index (χ4n) is 1.37. The Hall–Kier alpha value is -2.66. The second kappa shape index (κ2) is 7.07. The molecule has 1 amide bonds. The van der Waals surface area contributed by atoms with E-state index in [0.717, 1.165) is 6.92 Å². The van der Waals surface area contributed by atoms with Crippen LogP contribution in [0.1, 0.15) is 17.4 Å². The van der Waals surface area contributed by atoms with Crippen molar-refractivity contribution < 1.29 is 40.3 Å². The summed E-state index contributed by atoms with van der Waals surface area (Å²) in [6, 6.07) is 4.23. The monoisotopic (exact) mass is 373 g/mol. The Balaban J connectivity index is 2.81. The Morgan fingerprint density at radius 2 is 1.64 bits per heavy atom. The van der Waals surface area contributed by atoms with Gasteiger partial charge in [0.2, 0.25) is 5.78 Å². The van der Waals surface area contributed by atoms with E-state index >= 15 is 0 Å². The Morgan fingerprint density at radius 1 is 1.04 bits per heavy atom. The van der Waals surface area contributed by atoms with E-state index in [-0.39, 0.29) is 11.8 Å². The van der Waals surface area contributed by atoms with Crippen LogP contribution in [0, 0.1) is 0 Å². The maximum Gasteiger partial charge on any atom is 0.460 e. The number of hydrogen-bond acceptors (Lipinski definition) is 4. The van der Waals surface area contributed by atoms with Crippen molar-refractivity contribution in [2.24, 2.45) is 0 Å². The highest BCUT2D eigenvalue weighted by molar-refractivity contribution is 5.97. The highest BCUT2D eigenvalue weighted by Gasteiger charge is 2.75. The SMILES string of the molecule is CC(=CC(=O)C(F)(F)C(F)(F)C(F)(F)F)NNC(=O)c1ccccn1. The first kappa shape index (κ1) is 20.4. The molecule has 0 unspecified atom stereocenters. The molecule has 0 aliphatic carbocycles. The van der Waals surface area contributed by atoms with Crippen LogP contribution in [0.5, 0.6) is 0 Å². The van der Waals surface area contributed by atoms with Gasteiger partial charge in [-0.3, -0.25) is 20.0 Å². The van der Waals surface area contributed by atoms with E-state index in [1.165, 1.54) is 24.4 Å². The number of rotatable bonds is 6. The van der Waals surface area contributed by atoms with Gasteiger partial charge in [-0.2, -0.15) is 30.7 Å². The van der Waals surface area contributed by atoms with Gasteiger partial charge in [0, 0.05) is 18.0 Å². The number of nitrogens with one attached hydrogen (secondary N) is 2. The lowest BCUT2D eigenvalue weighted by Crippen LogP contribution is -2.55. The Kier molecular flexibility index (Phi) is 5.76. The van der Waals surface area contributed by atoms with Crippen molar-refractivity contribution in [3.05, 3.63) is 41.9 Å². The summed E-state index contributed by atoms with van der Waals surface area (Å²) in [6.45, 7) is 0.887. The Morgan fingerprint density at radius 3 is 2.12 bits per heavy atom. The number of hydrazine groups is 1. The van der Waals surface area contributed by atoms with Gasteiger partial charge in [0.05, 0.1) is 0 Å². The molecule has 0 spiro atoms. The maximum absolute atomic E-state index is 13.1. The molecule has 0 aromatic carbocycles. The minimum Gasteiger partial charge on any atom is -0.303 e. The van der Waals surface area contributed by atoms with E-state index in [2.05, 4.69) is 4.98 Å². The molecule has 0 bridgehead atoms. The van der Waals surface area contributed by atoms with E-state index in [4.69, 9.17) is 0 Å².